The molecule has 218 valence electrons. The largest absolute Gasteiger partial charge is 0.359 e. The Morgan fingerprint density at radius 3 is 2.67 bits per heavy atom. The highest BCUT2D eigenvalue weighted by molar-refractivity contribution is 6.18. The van der Waals surface area contributed by atoms with Crippen molar-refractivity contribution in [3.63, 3.8) is 0 Å². The number of aryl methyl sites for hydroxylation is 3. The van der Waals surface area contributed by atoms with Crippen LogP contribution in [0.5, 0.6) is 0 Å². The van der Waals surface area contributed by atoms with Crippen molar-refractivity contribution < 1.29 is 9.59 Å². The van der Waals surface area contributed by atoms with E-state index in [0.29, 0.717) is 29.6 Å². The van der Waals surface area contributed by atoms with E-state index in [2.05, 4.69) is 25.7 Å². The molecule has 4 heterocycles. The maximum absolute atomic E-state index is 13.9. The molecule has 1 aliphatic carbocycles. The lowest BCUT2D eigenvalue weighted by molar-refractivity contribution is -0.120. The molecule has 1 aliphatic heterocycles. The zero-order valence-electron chi connectivity index (χ0n) is 24.6. The molecule has 1 saturated carbocycles. The third kappa shape index (κ3) is 4.82. The fourth-order valence-electron chi connectivity index (χ4n) is 6.33. The Morgan fingerprint density at radius 2 is 1.88 bits per heavy atom. The van der Waals surface area contributed by atoms with Gasteiger partial charge >= 0.3 is 0 Å². The van der Waals surface area contributed by atoms with E-state index in [4.69, 9.17) is 4.98 Å². The quantitative estimate of drug-likeness (QED) is 0.216. The van der Waals surface area contributed by atoms with E-state index in [9.17, 15) is 9.59 Å². The van der Waals surface area contributed by atoms with Gasteiger partial charge in [0.2, 0.25) is 11.9 Å². The van der Waals surface area contributed by atoms with Crippen LogP contribution in [0.25, 0.3) is 22.2 Å². The molecule has 0 atom stereocenters. The summed E-state index contributed by atoms with van der Waals surface area (Å²) < 4.78 is 1.80. The van der Waals surface area contributed by atoms with Gasteiger partial charge < -0.3 is 20.5 Å². The van der Waals surface area contributed by atoms with Crippen molar-refractivity contribution in [2.75, 3.05) is 15.5 Å². The molecule has 1 fully saturated rings. The monoisotopic (exact) mass is 574 g/mol. The van der Waals surface area contributed by atoms with Gasteiger partial charge in [-0.15, -0.1) is 0 Å². The molecule has 0 unspecified atom stereocenters. The number of amides is 2. The minimum atomic E-state index is -0.117. The molecular weight excluding hydrogens is 540 g/mol. The normalized spacial score (nSPS) is 15.2. The third-order valence-electron chi connectivity index (χ3n) is 8.74. The molecule has 10 nitrogen and oxygen atoms in total. The van der Waals surface area contributed by atoms with Crippen molar-refractivity contribution in [1.29, 1.82) is 0 Å². The SMILES string of the molecule is Cc1cnc(Nc2cc(C)n(C)n2)nc1-c1c[nH]c2c(N3Cc4cccc(NC(=O)C5CCCCC5)c4C3=O)cccc12. The third-order valence-corrected chi connectivity index (χ3v) is 8.74. The average Bonchev–Trinajstić information content (AvgIpc) is 3.69. The fourth-order valence-corrected chi connectivity index (χ4v) is 6.33. The van der Waals surface area contributed by atoms with Gasteiger partial charge in [0.05, 0.1) is 34.7 Å². The first-order chi connectivity index (χ1) is 20.9. The number of nitrogens with zero attached hydrogens (tertiary/aromatic N) is 5. The second-order valence-electron chi connectivity index (χ2n) is 11.6. The molecule has 0 spiro atoms. The molecule has 0 bridgehead atoms. The van der Waals surface area contributed by atoms with Crippen LogP contribution in [-0.4, -0.2) is 36.5 Å². The molecule has 0 saturated heterocycles. The van der Waals surface area contributed by atoms with E-state index in [1.165, 1.54) is 6.42 Å². The molecule has 3 aromatic heterocycles. The van der Waals surface area contributed by atoms with Gasteiger partial charge in [0.1, 0.15) is 0 Å². The van der Waals surface area contributed by atoms with Crippen LogP contribution in [0, 0.1) is 19.8 Å². The number of nitrogens with one attached hydrogen (secondary N) is 3. The summed E-state index contributed by atoms with van der Waals surface area (Å²) in [6.45, 7) is 4.40. The number of carbonyl (C=O) groups is 2. The highest BCUT2D eigenvalue weighted by Crippen LogP contribution is 2.39. The summed E-state index contributed by atoms with van der Waals surface area (Å²) in [6.07, 6.45) is 8.89. The van der Waals surface area contributed by atoms with E-state index in [1.54, 1.807) is 15.8 Å². The van der Waals surface area contributed by atoms with Crippen molar-refractivity contribution in [2.24, 2.45) is 13.0 Å². The number of rotatable bonds is 6. The van der Waals surface area contributed by atoms with E-state index in [-0.39, 0.29) is 17.7 Å². The topological polar surface area (TPSA) is 121 Å². The van der Waals surface area contributed by atoms with Gasteiger partial charge in [0, 0.05) is 48.1 Å². The van der Waals surface area contributed by atoms with E-state index < -0.39 is 0 Å². The van der Waals surface area contributed by atoms with Gasteiger partial charge in [-0.2, -0.15) is 5.10 Å². The maximum Gasteiger partial charge on any atom is 0.261 e. The summed E-state index contributed by atoms with van der Waals surface area (Å²) in [5, 5.41) is 11.7. The van der Waals surface area contributed by atoms with Crippen LogP contribution in [0.15, 0.2) is 54.9 Å². The van der Waals surface area contributed by atoms with Crippen molar-refractivity contribution >= 4 is 45.9 Å². The summed E-state index contributed by atoms with van der Waals surface area (Å²) in [5.41, 5.74) is 7.36. The fraction of sp³-hybridized carbons (Fsp3) is 0.303. The van der Waals surface area contributed by atoms with Crippen LogP contribution in [-0.2, 0) is 18.4 Å². The van der Waals surface area contributed by atoms with Gasteiger partial charge in [-0.05, 0) is 49.9 Å². The van der Waals surface area contributed by atoms with Crippen LogP contribution >= 0.6 is 0 Å². The zero-order valence-corrected chi connectivity index (χ0v) is 24.6. The second-order valence-corrected chi connectivity index (χ2v) is 11.6. The zero-order chi connectivity index (χ0) is 29.7. The van der Waals surface area contributed by atoms with Gasteiger partial charge in [-0.1, -0.05) is 43.5 Å². The number of anilines is 4. The van der Waals surface area contributed by atoms with Gasteiger partial charge in [0.15, 0.2) is 5.82 Å². The highest BCUT2D eigenvalue weighted by Gasteiger charge is 2.33. The Bertz CT molecular complexity index is 1860. The van der Waals surface area contributed by atoms with E-state index in [1.807, 2.05) is 69.6 Å². The molecular formula is C33H34N8O2. The lowest BCUT2D eigenvalue weighted by Crippen LogP contribution is -2.27. The second kappa shape index (κ2) is 10.7. The summed E-state index contributed by atoms with van der Waals surface area (Å²) >= 11 is 0. The van der Waals surface area contributed by atoms with Crippen LogP contribution in [0.1, 0.15) is 59.3 Å². The predicted octanol–water partition coefficient (Wildman–Crippen LogP) is 6.40. The number of hydrogen-bond donors (Lipinski definition) is 3. The first kappa shape index (κ1) is 26.9. The summed E-state index contributed by atoms with van der Waals surface area (Å²) in [7, 11) is 1.89. The maximum atomic E-state index is 13.9. The first-order valence-corrected chi connectivity index (χ1v) is 14.8. The Labute approximate surface area is 249 Å². The Kier molecular flexibility index (Phi) is 6.68. The number of fused-ring (bicyclic) bond motifs is 2. The minimum absolute atomic E-state index is 0.0114. The number of aromatic amines is 1. The minimum Gasteiger partial charge on any atom is -0.359 e. The van der Waals surface area contributed by atoms with Gasteiger partial charge in [-0.3, -0.25) is 14.3 Å². The lowest BCUT2D eigenvalue weighted by atomic mass is 9.88. The van der Waals surface area contributed by atoms with Gasteiger partial charge in [0.25, 0.3) is 5.91 Å². The Morgan fingerprint density at radius 1 is 1.07 bits per heavy atom. The highest BCUT2D eigenvalue weighted by atomic mass is 16.2. The number of carbonyl (C=O) groups excluding carboxylic acids is 2. The number of H-pyrrole nitrogens is 1. The van der Waals surface area contributed by atoms with Crippen LogP contribution in [0.2, 0.25) is 0 Å². The average molecular weight is 575 g/mol. The van der Waals surface area contributed by atoms with E-state index in [0.717, 1.165) is 70.4 Å². The molecule has 5 aromatic rings. The summed E-state index contributed by atoms with van der Waals surface area (Å²) in [6, 6.07) is 13.6. The Hall–Kier alpha value is -4.99. The Balaban J connectivity index is 1.19. The van der Waals surface area contributed by atoms with Crippen molar-refractivity contribution in [3.05, 3.63) is 77.2 Å². The molecule has 43 heavy (non-hydrogen) atoms. The summed E-state index contributed by atoms with van der Waals surface area (Å²) in [4.78, 5) is 41.5. The van der Waals surface area contributed by atoms with Crippen molar-refractivity contribution in [2.45, 2.75) is 52.5 Å². The molecule has 2 aromatic carbocycles. The number of hydrogen-bond acceptors (Lipinski definition) is 6. The molecule has 7 rings (SSSR count). The number of aromatic nitrogens is 5. The first-order valence-electron chi connectivity index (χ1n) is 14.8. The summed E-state index contributed by atoms with van der Waals surface area (Å²) in [5.74, 6) is 1.04. The molecule has 2 amide bonds. The molecule has 0 radical (unpaired) electrons. The van der Waals surface area contributed by atoms with Crippen molar-refractivity contribution in [3.8, 4) is 11.3 Å². The standard InChI is InChI=1S/C33H34N8O2/c1-19-16-35-33(37-27-15-20(2)40(3)39-27)38-29(19)24-17-34-30-23(24)12-8-14-26(30)41-18-22-11-7-13-25(28(22)32(41)43)36-31(42)21-9-5-4-6-10-21/h7-8,11-17,21,34H,4-6,9-10,18H2,1-3H3,(H,36,42)(H,35,37,38,39). The van der Waals surface area contributed by atoms with E-state index >= 15 is 0 Å². The predicted molar refractivity (Wildman–Crippen MR) is 167 cm³/mol. The molecule has 3 N–H and O–H groups in total. The smallest absolute Gasteiger partial charge is 0.261 e. The lowest BCUT2D eigenvalue weighted by Gasteiger charge is -2.21. The van der Waals surface area contributed by atoms with Crippen molar-refractivity contribution in [1.82, 2.24) is 24.7 Å². The number of para-hydroxylation sites is 1. The van der Waals surface area contributed by atoms with Gasteiger partial charge in [-0.25, -0.2) is 9.97 Å². The van der Waals surface area contributed by atoms with Crippen LogP contribution < -0.4 is 15.5 Å². The van der Waals surface area contributed by atoms with Crippen LogP contribution in [0.3, 0.4) is 0 Å². The van der Waals surface area contributed by atoms with Crippen LogP contribution in [0.4, 0.5) is 23.1 Å². The molecule has 10 heteroatoms. The molecule has 2 aliphatic rings. The number of benzene rings is 2.